The summed E-state index contributed by atoms with van der Waals surface area (Å²) in [5.74, 6) is 0.208. The molecule has 1 aromatic rings. The molecule has 0 aliphatic carbocycles. The molecule has 0 aromatic heterocycles. The third-order valence-corrected chi connectivity index (χ3v) is 5.74. The minimum atomic E-state index is -3.59. The molecule has 134 valence electrons. The second kappa shape index (κ2) is 7.21. The maximum atomic E-state index is 12.4. The maximum absolute atomic E-state index is 12.4. The van der Waals surface area contributed by atoms with Crippen molar-refractivity contribution in [1.29, 1.82) is 0 Å². The van der Waals surface area contributed by atoms with E-state index in [0.717, 1.165) is 19.5 Å². The van der Waals surface area contributed by atoms with Gasteiger partial charge in [-0.15, -0.1) is 0 Å². The minimum Gasteiger partial charge on any atom is -0.349 e. The number of hydrogen-bond donors (Lipinski definition) is 3. The second-order valence-corrected chi connectivity index (χ2v) is 9.11. The first-order valence-corrected chi connectivity index (χ1v) is 9.72. The highest BCUT2D eigenvalue weighted by atomic mass is 32.2. The Balaban J connectivity index is 2.07. The molecular weight excluding hydrogens is 326 g/mol. The molecule has 0 saturated carbocycles. The van der Waals surface area contributed by atoms with Crippen molar-refractivity contribution in [2.24, 2.45) is 5.92 Å². The Morgan fingerprint density at radius 3 is 2.38 bits per heavy atom. The van der Waals surface area contributed by atoms with Crippen molar-refractivity contribution < 1.29 is 13.2 Å². The van der Waals surface area contributed by atoms with Gasteiger partial charge in [0.2, 0.25) is 10.0 Å². The summed E-state index contributed by atoms with van der Waals surface area (Å²) < 4.78 is 27.1. The van der Waals surface area contributed by atoms with Crippen LogP contribution >= 0.6 is 0 Å². The number of nitrogens with one attached hydrogen (secondary N) is 3. The lowest BCUT2D eigenvalue weighted by molar-refractivity contribution is 0.0914. The number of benzene rings is 1. The van der Waals surface area contributed by atoms with E-state index >= 15 is 0 Å². The van der Waals surface area contributed by atoms with Crippen LogP contribution in [0.4, 0.5) is 0 Å². The van der Waals surface area contributed by atoms with Gasteiger partial charge in [-0.05, 0) is 70.5 Å². The van der Waals surface area contributed by atoms with Crippen molar-refractivity contribution >= 4 is 15.9 Å². The lowest BCUT2D eigenvalue weighted by Crippen LogP contribution is -2.48. The zero-order valence-electron chi connectivity index (χ0n) is 14.7. The van der Waals surface area contributed by atoms with Gasteiger partial charge in [0.1, 0.15) is 0 Å². The van der Waals surface area contributed by atoms with E-state index in [0.29, 0.717) is 11.5 Å². The van der Waals surface area contributed by atoms with Crippen LogP contribution in [0.1, 0.15) is 44.5 Å². The average Bonchev–Trinajstić information content (AvgIpc) is 2.47. The Hall–Kier alpha value is -1.44. The number of rotatable bonds is 4. The van der Waals surface area contributed by atoms with Crippen molar-refractivity contribution in [2.75, 3.05) is 13.1 Å². The predicted octanol–water partition coefficient (Wildman–Crippen LogP) is 1.49. The molecule has 2 rings (SSSR count). The zero-order valence-corrected chi connectivity index (χ0v) is 15.5. The Labute approximate surface area is 144 Å². The van der Waals surface area contributed by atoms with Gasteiger partial charge < -0.3 is 10.6 Å². The van der Waals surface area contributed by atoms with E-state index in [4.69, 9.17) is 0 Å². The van der Waals surface area contributed by atoms with E-state index in [2.05, 4.69) is 22.3 Å². The molecule has 0 spiro atoms. The second-order valence-electron chi connectivity index (χ2n) is 7.43. The van der Waals surface area contributed by atoms with Crippen LogP contribution in [0.15, 0.2) is 29.2 Å². The normalized spacial score (nSPS) is 22.2. The fourth-order valence-corrected chi connectivity index (χ4v) is 4.15. The predicted molar refractivity (Wildman–Crippen MR) is 94.4 cm³/mol. The molecule has 6 nitrogen and oxygen atoms in total. The summed E-state index contributed by atoms with van der Waals surface area (Å²) in [6, 6.07) is 6.19. The molecule has 1 aliphatic heterocycles. The van der Waals surface area contributed by atoms with Crippen LogP contribution in [-0.4, -0.2) is 39.0 Å². The molecule has 2 unspecified atom stereocenters. The van der Waals surface area contributed by atoms with Crippen molar-refractivity contribution in [2.45, 2.75) is 50.6 Å². The topological polar surface area (TPSA) is 87.3 Å². The van der Waals surface area contributed by atoms with Gasteiger partial charge in [0.05, 0.1) is 4.90 Å². The largest absolute Gasteiger partial charge is 0.349 e. The first-order chi connectivity index (χ1) is 11.1. The van der Waals surface area contributed by atoms with E-state index in [1.54, 1.807) is 32.9 Å². The van der Waals surface area contributed by atoms with Gasteiger partial charge in [-0.2, -0.15) is 0 Å². The van der Waals surface area contributed by atoms with Crippen LogP contribution in [0.25, 0.3) is 0 Å². The molecule has 0 radical (unpaired) electrons. The summed E-state index contributed by atoms with van der Waals surface area (Å²) in [5.41, 5.74) is -0.0875. The summed E-state index contributed by atoms with van der Waals surface area (Å²) in [6.45, 7) is 9.24. The Bertz CT molecular complexity index is 678. The van der Waals surface area contributed by atoms with E-state index in [1.807, 2.05) is 0 Å². The molecule has 1 aromatic carbocycles. The number of hydrogen-bond acceptors (Lipinski definition) is 4. The van der Waals surface area contributed by atoms with Gasteiger partial charge in [0.25, 0.3) is 5.91 Å². The zero-order chi connectivity index (χ0) is 18.0. The summed E-state index contributed by atoms with van der Waals surface area (Å²) in [4.78, 5) is 12.5. The summed E-state index contributed by atoms with van der Waals surface area (Å²) >= 11 is 0. The van der Waals surface area contributed by atoms with Crippen LogP contribution in [0.3, 0.4) is 0 Å². The molecule has 1 heterocycles. The van der Waals surface area contributed by atoms with Gasteiger partial charge in [-0.3, -0.25) is 4.79 Å². The third-order valence-electron chi connectivity index (χ3n) is 3.97. The summed E-state index contributed by atoms with van der Waals surface area (Å²) in [6.07, 6.45) is 0.898. The summed E-state index contributed by atoms with van der Waals surface area (Å²) in [5, 5.41) is 6.33. The number of sulfonamides is 1. The Morgan fingerprint density at radius 2 is 1.83 bits per heavy atom. The summed E-state index contributed by atoms with van der Waals surface area (Å²) in [7, 11) is -3.59. The fourth-order valence-electron chi connectivity index (χ4n) is 2.73. The van der Waals surface area contributed by atoms with E-state index in [1.165, 1.54) is 12.1 Å². The third kappa shape index (κ3) is 5.03. The van der Waals surface area contributed by atoms with Crippen molar-refractivity contribution in [1.82, 2.24) is 15.4 Å². The van der Waals surface area contributed by atoms with Gasteiger partial charge in [0.15, 0.2) is 0 Å². The smallest absolute Gasteiger partial charge is 0.251 e. The standard InChI is InChI=1S/C17H27N3O3S/c1-12-11-18-10-9-15(12)19-16(21)13-5-7-14(8-6-13)24(22,23)20-17(2,3)4/h5-8,12,15,18,20H,9-11H2,1-4H3,(H,19,21). The van der Waals surface area contributed by atoms with Crippen molar-refractivity contribution in [3.05, 3.63) is 29.8 Å². The lowest BCUT2D eigenvalue weighted by Gasteiger charge is -2.30. The Morgan fingerprint density at radius 1 is 1.21 bits per heavy atom. The highest BCUT2D eigenvalue weighted by Crippen LogP contribution is 2.15. The fraction of sp³-hybridized carbons (Fsp3) is 0.588. The first-order valence-electron chi connectivity index (χ1n) is 8.24. The molecule has 1 amide bonds. The van der Waals surface area contributed by atoms with E-state index < -0.39 is 15.6 Å². The highest BCUT2D eigenvalue weighted by molar-refractivity contribution is 7.89. The van der Waals surface area contributed by atoms with Gasteiger partial charge in [-0.25, -0.2) is 13.1 Å². The average molecular weight is 353 g/mol. The number of carbonyl (C=O) groups excluding carboxylic acids is 1. The van der Waals surface area contributed by atoms with Crippen molar-refractivity contribution in [3.8, 4) is 0 Å². The molecule has 24 heavy (non-hydrogen) atoms. The van der Waals surface area contributed by atoms with Gasteiger partial charge in [-0.1, -0.05) is 6.92 Å². The van der Waals surface area contributed by atoms with Crippen LogP contribution in [0.2, 0.25) is 0 Å². The minimum absolute atomic E-state index is 0.143. The number of piperidine rings is 1. The molecule has 0 bridgehead atoms. The van der Waals surface area contributed by atoms with Gasteiger partial charge in [0, 0.05) is 17.1 Å². The molecule has 7 heteroatoms. The molecule has 1 fully saturated rings. The molecular formula is C17H27N3O3S. The van der Waals surface area contributed by atoms with Crippen molar-refractivity contribution in [3.63, 3.8) is 0 Å². The molecule has 1 aliphatic rings. The van der Waals surface area contributed by atoms with Gasteiger partial charge >= 0.3 is 0 Å². The quantitative estimate of drug-likeness (QED) is 0.765. The SMILES string of the molecule is CC1CNCCC1NC(=O)c1ccc(S(=O)(=O)NC(C)(C)C)cc1. The molecule has 3 N–H and O–H groups in total. The Kier molecular flexibility index (Phi) is 5.67. The van der Waals surface area contributed by atoms with Crippen LogP contribution < -0.4 is 15.4 Å². The van der Waals surface area contributed by atoms with E-state index in [-0.39, 0.29) is 16.8 Å². The van der Waals surface area contributed by atoms with Crippen LogP contribution in [0, 0.1) is 5.92 Å². The number of amides is 1. The maximum Gasteiger partial charge on any atom is 0.251 e. The highest BCUT2D eigenvalue weighted by Gasteiger charge is 2.24. The monoisotopic (exact) mass is 353 g/mol. The van der Waals surface area contributed by atoms with E-state index in [9.17, 15) is 13.2 Å². The molecule has 1 saturated heterocycles. The lowest BCUT2D eigenvalue weighted by atomic mass is 9.95. The first kappa shape index (κ1) is 18.9. The number of carbonyl (C=O) groups is 1. The van der Waals surface area contributed by atoms with Crippen LogP contribution in [0.5, 0.6) is 0 Å². The molecule has 2 atom stereocenters. The van der Waals surface area contributed by atoms with Crippen LogP contribution in [-0.2, 0) is 10.0 Å².